The minimum atomic E-state index is -0.464. The molecule has 0 aliphatic rings. The van der Waals surface area contributed by atoms with Crippen molar-refractivity contribution in [2.75, 3.05) is 14.2 Å². The fourth-order valence-electron chi connectivity index (χ4n) is 3.85. The lowest BCUT2D eigenvalue weighted by Crippen LogP contribution is -2.30. The zero-order chi connectivity index (χ0) is 23.5. The molecule has 0 saturated heterocycles. The van der Waals surface area contributed by atoms with Gasteiger partial charge in [0.15, 0.2) is 11.5 Å². The van der Waals surface area contributed by atoms with Crippen LogP contribution in [0.3, 0.4) is 0 Å². The van der Waals surface area contributed by atoms with Crippen molar-refractivity contribution in [3.8, 4) is 22.8 Å². The van der Waals surface area contributed by atoms with Crippen LogP contribution in [0.15, 0.2) is 78.9 Å². The van der Waals surface area contributed by atoms with Crippen LogP contribution >= 0.6 is 0 Å². The van der Waals surface area contributed by atoms with Gasteiger partial charge >= 0.3 is 0 Å². The van der Waals surface area contributed by atoms with E-state index in [4.69, 9.17) is 14.5 Å². The van der Waals surface area contributed by atoms with Gasteiger partial charge in [-0.1, -0.05) is 42.5 Å². The molecule has 3 N–H and O–H groups in total. The predicted molar refractivity (Wildman–Crippen MR) is 129 cm³/mol. The molecule has 2 aromatic heterocycles. The van der Waals surface area contributed by atoms with Crippen LogP contribution in [-0.4, -0.2) is 40.3 Å². The highest BCUT2D eigenvalue weighted by atomic mass is 16.5. The summed E-state index contributed by atoms with van der Waals surface area (Å²) in [6.07, 6.45) is 0. The van der Waals surface area contributed by atoms with Crippen molar-refractivity contribution in [2.24, 2.45) is 0 Å². The zero-order valence-electron chi connectivity index (χ0n) is 18.7. The van der Waals surface area contributed by atoms with Gasteiger partial charge in [-0.3, -0.25) is 9.89 Å². The molecule has 0 fully saturated rings. The van der Waals surface area contributed by atoms with Gasteiger partial charge in [0.05, 0.1) is 30.9 Å². The minimum absolute atomic E-state index is 0.298. The molecule has 5 rings (SSSR count). The van der Waals surface area contributed by atoms with Crippen LogP contribution in [0.4, 0.5) is 0 Å². The van der Waals surface area contributed by atoms with E-state index in [0.29, 0.717) is 28.7 Å². The fraction of sp³-hybridized carbons (Fsp3) is 0.115. The summed E-state index contributed by atoms with van der Waals surface area (Å²) in [7, 11) is 3.16. The molecular formula is C26H23N5O3. The van der Waals surface area contributed by atoms with Gasteiger partial charge in [0, 0.05) is 5.56 Å². The lowest BCUT2D eigenvalue weighted by molar-refractivity contribution is 0.0936. The van der Waals surface area contributed by atoms with Gasteiger partial charge in [-0.2, -0.15) is 5.10 Å². The van der Waals surface area contributed by atoms with E-state index in [9.17, 15) is 4.79 Å². The van der Waals surface area contributed by atoms with Gasteiger partial charge in [0.25, 0.3) is 5.91 Å². The van der Waals surface area contributed by atoms with E-state index in [0.717, 1.165) is 22.2 Å². The van der Waals surface area contributed by atoms with Gasteiger partial charge < -0.3 is 19.8 Å². The van der Waals surface area contributed by atoms with Gasteiger partial charge in [-0.05, 0) is 42.0 Å². The molecule has 8 nitrogen and oxygen atoms in total. The number of aromatic amines is 2. The average molecular weight is 454 g/mol. The highest BCUT2D eigenvalue weighted by Crippen LogP contribution is 2.32. The van der Waals surface area contributed by atoms with Crippen molar-refractivity contribution in [1.82, 2.24) is 25.5 Å². The standard InChI is InChI=1S/C26H23N5O3/c1-33-22-13-12-17(14-23(22)34-2)20-15-21(31-30-20)26(32)29-24(16-8-4-3-5-9-16)25-27-18-10-6-7-11-19(18)28-25/h3-15,24H,1-2H3,(H,27,28)(H,29,32)(H,30,31). The molecular weight excluding hydrogens is 430 g/mol. The Labute approximate surface area is 196 Å². The first-order valence-corrected chi connectivity index (χ1v) is 10.7. The monoisotopic (exact) mass is 453 g/mol. The lowest BCUT2D eigenvalue weighted by Gasteiger charge is -2.16. The molecule has 0 radical (unpaired) electrons. The van der Waals surface area contributed by atoms with Crippen molar-refractivity contribution in [2.45, 2.75) is 6.04 Å². The quantitative estimate of drug-likeness (QED) is 0.337. The number of carbonyl (C=O) groups excluding carboxylic acids is 1. The van der Waals surface area contributed by atoms with Crippen LogP contribution in [0, 0.1) is 0 Å². The second-order valence-electron chi connectivity index (χ2n) is 7.69. The Bertz CT molecular complexity index is 1410. The van der Waals surface area contributed by atoms with Gasteiger partial charge in [-0.15, -0.1) is 0 Å². The number of hydrogen-bond donors (Lipinski definition) is 3. The number of carbonyl (C=O) groups is 1. The number of fused-ring (bicyclic) bond motifs is 1. The Morgan fingerprint density at radius 2 is 1.68 bits per heavy atom. The maximum Gasteiger partial charge on any atom is 0.270 e. The predicted octanol–water partition coefficient (Wildman–Crippen LogP) is 4.49. The fourth-order valence-corrected chi connectivity index (χ4v) is 3.85. The first-order chi connectivity index (χ1) is 16.7. The Morgan fingerprint density at radius 3 is 2.44 bits per heavy atom. The average Bonchev–Trinajstić information content (AvgIpc) is 3.55. The van der Waals surface area contributed by atoms with E-state index in [1.165, 1.54) is 0 Å². The molecule has 170 valence electrons. The summed E-state index contributed by atoms with van der Waals surface area (Å²) in [5.41, 5.74) is 4.40. The number of methoxy groups -OCH3 is 2. The highest BCUT2D eigenvalue weighted by Gasteiger charge is 2.22. The number of H-pyrrole nitrogens is 2. The van der Waals surface area contributed by atoms with Gasteiger partial charge in [0.2, 0.25) is 0 Å². The van der Waals surface area contributed by atoms with Gasteiger partial charge in [0.1, 0.15) is 17.6 Å². The van der Waals surface area contributed by atoms with E-state index in [1.54, 1.807) is 26.4 Å². The topological polar surface area (TPSA) is 105 Å². The summed E-state index contributed by atoms with van der Waals surface area (Å²) in [6.45, 7) is 0. The summed E-state index contributed by atoms with van der Waals surface area (Å²) < 4.78 is 10.7. The van der Waals surface area contributed by atoms with E-state index < -0.39 is 6.04 Å². The number of para-hydroxylation sites is 2. The second-order valence-corrected chi connectivity index (χ2v) is 7.69. The molecule has 5 aromatic rings. The Balaban J connectivity index is 1.44. The van der Waals surface area contributed by atoms with Crippen LogP contribution in [0.2, 0.25) is 0 Å². The Hall–Kier alpha value is -4.59. The summed E-state index contributed by atoms with van der Waals surface area (Å²) in [5.74, 6) is 1.56. The van der Waals surface area contributed by atoms with Crippen molar-refractivity contribution in [1.29, 1.82) is 0 Å². The molecule has 1 atom stereocenters. The maximum atomic E-state index is 13.2. The molecule has 0 bridgehead atoms. The highest BCUT2D eigenvalue weighted by molar-refractivity contribution is 5.94. The zero-order valence-corrected chi connectivity index (χ0v) is 18.7. The molecule has 3 aromatic carbocycles. The summed E-state index contributed by atoms with van der Waals surface area (Å²) >= 11 is 0. The second kappa shape index (κ2) is 9.11. The van der Waals surface area contributed by atoms with Crippen molar-refractivity contribution in [3.05, 3.63) is 95.9 Å². The first kappa shape index (κ1) is 21.3. The summed E-state index contributed by atoms with van der Waals surface area (Å²) in [4.78, 5) is 21.2. The Morgan fingerprint density at radius 1 is 0.912 bits per heavy atom. The van der Waals surface area contributed by atoms with Crippen molar-refractivity contribution < 1.29 is 14.3 Å². The smallest absolute Gasteiger partial charge is 0.270 e. The van der Waals surface area contributed by atoms with E-state index >= 15 is 0 Å². The molecule has 0 aliphatic heterocycles. The number of aromatic nitrogens is 4. The number of rotatable bonds is 7. The van der Waals surface area contributed by atoms with Crippen LogP contribution in [0.5, 0.6) is 11.5 Å². The molecule has 0 spiro atoms. The number of amides is 1. The number of imidazole rings is 1. The number of benzene rings is 3. The van der Waals surface area contributed by atoms with Gasteiger partial charge in [-0.25, -0.2) is 4.98 Å². The third-order valence-corrected chi connectivity index (χ3v) is 5.59. The largest absolute Gasteiger partial charge is 0.493 e. The molecule has 0 aliphatic carbocycles. The minimum Gasteiger partial charge on any atom is -0.493 e. The molecule has 2 heterocycles. The van der Waals surface area contributed by atoms with E-state index in [2.05, 4.69) is 20.5 Å². The number of nitrogens with zero attached hydrogens (tertiary/aromatic N) is 2. The molecule has 1 amide bonds. The first-order valence-electron chi connectivity index (χ1n) is 10.7. The third kappa shape index (κ3) is 4.09. The lowest BCUT2D eigenvalue weighted by atomic mass is 10.1. The van der Waals surface area contributed by atoms with Crippen LogP contribution in [-0.2, 0) is 0 Å². The molecule has 34 heavy (non-hydrogen) atoms. The number of hydrogen-bond acceptors (Lipinski definition) is 5. The summed E-state index contributed by atoms with van der Waals surface area (Å²) in [5, 5.41) is 10.2. The van der Waals surface area contributed by atoms with Crippen molar-refractivity contribution >= 4 is 16.9 Å². The van der Waals surface area contributed by atoms with Crippen LogP contribution in [0.25, 0.3) is 22.3 Å². The molecule has 0 saturated carbocycles. The van der Waals surface area contributed by atoms with Crippen molar-refractivity contribution in [3.63, 3.8) is 0 Å². The maximum absolute atomic E-state index is 13.2. The normalized spacial score (nSPS) is 11.8. The third-order valence-electron chi connectivity index (χ3n) is 5.59. The molecule has 8 heteroatoms. The van der Waals surface area contributed by atoms with E-state index in [1.807, 2.05) is 66.7 Å². The number of ether oxygens (including phenoxy) is 2. The Kier molecular flexibility index (Phi) is 5.70. The SMILES string of the molecule is COc1ccc(-c2cc(C(=O)NC(c3ccccc3)c3nc4ccccc4[nH]3)[nH]n2)cc1OC. The van der Waals surface area contributed by atoms with Crippen LogP contribution < -0.4 is 14.8 Å². The number of nitrogens with one attached hydrogen (secondary N) is 3. The summed E-state index contributed by atoms with van der Waals surface area (Å²) in [6, 6.07) is 24.2. The molecule has 1 unspecified atom stereocenters. The van der Waals surface area contributed by atoms with Crippen LogP contribution in [0.1, 0.15) is 27.9 Å². The van der Waals surface area contributed by atoms with E-state index in [-0.39, 0.29) is 5.91 Å².